The van der Waals surface area contributed by atoms with Gasteiger partial charge in [0, 0.05) is 11.4 Å². The molecule has 13 heteroatoms. The first-order chi connectivity index (χ1) is 14.8. The summed E-state index contributed by atoms with van der Waals surface area (Å²) in [4.78, 5) is 24.8. The lowest BCUT2D eigenvalue weighted by Crippen LogP contribution is -2.30. The minimum atomic E-state index is -4.96. The third kappa shape index (κ3) is 5.51. The van der Waals surface area contributed by atoms with Gasteiger partial charge in [0.15, 0.2) is 0 Å². The van der Waals surface area contributed by atoms with E-state index in [-0.39, 0.29) is 39.4 Å². The highest BCUT2D eigenvalue weighted by Gasteiger charge is 2.37. The number of aliphatic carboxylic acids is 1. The molecule has 1 saturated heterocycles. The number of carboxylic acid groups (broad SMARTS) is 1. The number of rotatable bonds is 5. The smallest absolute Gasteiger partial charge is 0.416 e. The van der Waals surface area contributed by atoms with Crippen molar-refractivity contribution < 1.29 is 41.0 Å². The Balaban J connectivity index is 1.92. The van der Waals surface area contributed by atoms with Crippen LogP contribution in [0.1, 0.15) is 22.4 Å². The number of hydrogen-bond acceptors (Lipinski definition) is 5. The fourth-order valence-electron chi connectivity index (χ4n) is 2.73. The Hall–Kier alpha value is -2.38. The van der Waals surface area contributed by atoms with Crippen LogP contribution in [0.5, 0.6) is 0 Å². The molecule has 0 bridgehead atoms. The maximum absolute atomic E-state index is 13.1. The molecule has 0 spiro atoms. The molecule has 1 aromatic carbocycles. The Morgan fingerprint density at radius 1 is 1.03 bits per heavy atom. The third-order valence-corrected chi connectivity index (χ3v) is 6.49. The molecule has 0 atom stereocenters. The number of carbonyl (C=O) groups excluding carboxylic acids is 1. The summed E-state index contributed by atoms with van der Waals surface area (Å²) in [5.74, 6) is -1.63. The van der Waals surface area contributed by atoms with Gasteiger partial charge in [0.05, 0.1) is 22.5 Å². The molecule has 2 aromatic rings. The number of carbonyl (C=O) groups is 2. The predicted octanol–water partition coefficient (Wildman–Crippen LogP) is 6.13. The monoisotopic (exact) mass is 511 g/mol. The molecule has 170 valence electrons. The summed E-state index contributed by atoms with van der Waals surface area (Å²) in [6, 6.07) is 2.68. The second kappa shape index (κ2) is 8.87. The lowest BCUT2D eigenvalue weighted by molar-refractivity contribution is -0.143. The van der Waals surface area contributed by atoms with Crippen molar-refractivity contribution in [3.63, 3.8) is 0 Å². The molecule has 0 aliphatic carbocycles. The van der Waals surface area contributed by atoms with Crippen LogP contribution in [0, 0.1) is 0 Å². The molecule has 0 radical (unpaired) electrons. The van der Waals surface area contributed by atoms with Crippen LogP contribution in [0.2, 0.25) is 0 Å². The van der Waals surface area contributed by atoms with E-state index in [9.17, 15) is 35.9 Å². The molecule has 3 rings (SSSR count). The number of thiocarbonyl (C=S) groups is 1. The van der Waals surface area contributed by atoms with Crippen molar-refractivity contribution in [1.82, 2.24) is 4.90 Å². The van der Waals surface area contributed by atoms with E-state index in [2.05, 4.69) is 0 Å². The second-order valence-corrected chi connectivity index (χ2v) is 9.13. The SMILES string of the molecule is O=C(O)CCN1C(=O)/C(=C/c2cc(-c3cc(C(F)(F)F)cc(C(F)(F)F)c3)cs2)SC1=S. The van der Waals surface area contributed by atoms with Crippen molar-refractivity contribution in [2.45, 2.75) is 18.8 Å². The second-order valence-electron chi connectivity index (χ2n) is 6.51. The summed E-state index contributed by atoms with van der Waals surface area (Å²) >= 11 is 7.02. The molecule has 4 nitrogen and oxygen atoms in total. The molecule has 2 heterocycles. The molecule has 1 fully saturated rings. The number of thioether (sulfide) groups is 1. The quantitative estimate of drug-likeness (QED) is 0.297. The zero-order chi connectivity index (χ0) is 23.8. The van der Waals surface area contributed by atoms with Crippen LogP contribution in [0.15, 0.2) is 34.6 Å². The van der Waals surface area contributed by atoms with Gasteiger partial charge < -0.3 is 5.11 Å². The average Bonchev–Trinajstić information content (AvgIpc) is 3.23. The Morgan fingerprint density at radius 2 is 1.62 bits per heavy atom. The summed E-state index contributed by atoms with van der Waals surface area (Å²) in [6.45, 7) is -0.114. The summed E-state index contributed by atoms with van der Waals surface area (Å²) in [6.07, 6.45) is -8.82. The molecular formula is C19H11F6NO3S3. The van der Waals surface area contributed by atoms with E-state index in [4.69, 9.17) is 17.3 Å². The van der Waals surface area contributed by atoms with Crippen LogP contribution < -0.4 is 0 Å². The molecule has 1 amide bonds. The molecule has 0 saturated carbocycles. The highest BCUT2D eigenvalue weighted by molar-refractivity contribution is 8.26. The van der Waals surface area contributed by atoms with Crippen LogP contribution in [0.25, 0.3) is 17.2 Å². The van der Waals surface area contributed by atoms with Gasteiger partial charge in [-0.3, -0.25) is 14.5 Å². The Morgan fingerprint density at radius 3 is 2.16 bits per heavy atom. The van der Waals surface area contributed by atoms with Crippen molar-refractivity contribution in [2.24, 2.45) is 0 Å². The van der Waals surface area contributed by atoms with Gasteiger partial charge in [-0.05, 0) is 46.8 Å². The first-order valence-corrected chi connectivity index (χ1v) is 10.7. The minimum absolute atomic E-state index is 0.0548. The topological polar surface area (TPSA) is 57.6 Å². The van der Waals surface area contributed by atoms with E-state index in [1.54, 1.807) is 0 Å². The number of thiophene rings is 1. The van der Waals surface area contributed by atoms with Gasteiger partial charge in [0.1, 0.15) is 4.32 Å². The van der Waals surface area contributed by atoms with E-state index >= 15 is 0 Å². The zero-order valence-electron chi connectivity index (χ0n) is 15.6. The molecule has 32 heavy (non-hydrogen) atoms. The van der Waals surface area contributed by atoms with Crippen LogP contribution in [0.3, 0.4) is 0 Å². The normalized spacial score (nSPS) is 16.3. The molecule has 1 N–H and O–H groups in total. The maximum atomic E-state index is 13.1. The molecule has 1 aliphatic rings. The van der Waals surface area contributed by atoms with Crippen LogP contribution in [-0.4, -0.2) is 32.7 Å². The van der Waals surface area contributed by atoms with Crippen molar-refractivity contribution in [3.8, 4) is 11.1 Å². The van der Waals surface area contributed by atoms with E-state index in [1.165, 1.54) is 17.5 Å². The summed E-state index contributed by atoms with van der Waals surface area (Å²) in [5, 5.41) is 10.1. The van der Waals surface area contributed by atoms with Gasteiger partial charge in [0.2, 0.25) is 0 Å². The van der Waals surface area contributed by atoms with Gasteiger partial charge in [-0.2, -0.15) is 26.3 Å². The standard InChI is InChI=1S/C19H11F6NO3S3/c20-18(21,22)11-3-9(4-12(6-11)19(23,24)25)10-5-13(31-8-10)7-14-16(29)26(17(30)32-14)2-1-15(27)28/h3-8H,1-2H2,(H,27,28)/b14-7-. The van der Waals surface area contributed by atoms with Gasteiger partial charge in [-0.15, -0.1) is 11.3 Å². The van der Waals surface area contributed by atoms with Gasteiger partial charge >= 0.3 is 18.3 Å². The lowest BCUT2D eigenvalue weighted by Gasteiger charge is -2.13. The highest BCUT2D eigenvalue weighted by Crippen LogP contribution is 2.40. The first kappa shape index (κ1) is 24.3. The van der Waals surface area contributed by atoms with Crippen molar-refractivity contribution in [1.29, 1.82) is 0 Å². The molecule has 1 aliphatic heterocycles. The van der Waals surface area contributed by atoms with E-state index in [1.807, 2.05) is 0 Å². The summed E-state index contributed by atoms with van der Waals surface area (Å²) in [5.41, 5.74) is -2.99. The number of amides is 1. The molecule has 0 unspecified atom stereocenters. The van der Waals surface area contributed by atoms with E-state index in [0.29, 0.717) is 17.0 Å². The number of halogens is 6. The number of carboxylic acids is 1. The molecular weight excluding hydrogens is 500 g/mol. The largest absolute Gasteiger partial charge is 0.481 e. The van der Waals surface area contributed by atoms with Gasteiger partial charge in [-0.25, -0.2) is 0 Å². The minimum Gasteiger partial charge on any atom is -0.481 e. The van der Waals surface area contributed by atoms with Crippen molar-refractivity contribution in [3.05, 3.63) is 50.6 Å². The van der Waals surface area contributed by atoms with Crippen LogP contribution >= 0.6 is 35.3 Å². The number of nitrogens with zero attached hydrogens (tertiary/aromatic N) is 1. The molecule has 1 aromatic heterocycles. The third-order valence-electron chi connectivity index (χ3n) is 4.24. The maximum Gasteiger partial charge on any atom is 0.416 e. The van der Waals surface area contributed by atoms with Gasteiger partial charge in [-0.1, -0.05) is 24.0 Å². The zero-order valence-corrected chi connectivity index (χ0v) is 18.0. The van der Waals surface area contributed by atoms with E-state index in [0.717, 1.165) is 28.0 Å². The predicted molar refractivity (Wildman–Crippen MR) is 112 cm³/mol. The Bertz CT molecular complexity index is 1090. The number of hydrogen-bond donors (Lipinski definition) is 1. The number of alkyl halides is 6. The lowest BCUT2D eigenvalue weighted by atomic mass is 10.0. The van der Waals surface area contributed by atoms with Crippen LogP contribution in [-0.2, 0) is 21.9 Å². The fraction of sp³-hybridized carbons (Fsp3) is 0.211. The fourth-order valence-corrected chi connectivity index (χ4v) is 4.95. The first-order valence-electron chi connectivity index (χ1n) is 8.61. The van der Waals surface area contributed by atoms with Crippen LogP contribution in [0.4, 0.5) is 26.3 Å². The van der Waals surface area contributed by atoms with Crippen molar-refractivity contribution in [2.75, 3.05) is 6.54 Å². The Kier molecular flexibility index (Phi) is 6.72. The van der Waals surface area contributed by atoms with Crippen molar-refractivity contribution >= 4 is 57.6 Å². The summed E-state index contributed by atoms with van der Waals surface area (Å²) < 4.78 is 78.7. The highest BCUT2D eigenvalue weighted by atomic mass is 32.2. The average molecular weight is 511 g/mol. The number of benzene rings is 1. The van der Waals surface area contributed by atoms with Gasteiger partial charge in [0.25, 0.3) is 5.91 Å². The Labute approximate surface area is 190 Å². The summed E-state index contributed by atoms with van der Waals surface area (Å²) in [7, 11) is 0. The van der Waals surface area contributed by atoms with E-state index < -0.39 is 35.4 Å².